The normalized spacial score (nSPS) is 16.5. The summed E-state index contributed by atoms with van der Waals surface area (Å²) in [5.41, 5.74) is 0.860. The molecule has 1 aromatic heterocycles. The second-order valence-corrected chi connectivity index (χ2v) is 4.08. The summed E-state index contributed by atoms with van der Waals surface area (Å²) in [6, 6.07) is 8.60. The molecule has 1 N–H and O–H groups in total. The molecule has 1 atom stereocenters. The molecular formula is C13H10N2O4. The average molecular weight is 258 g/mol. The topological polar surface area (TPSA) is 81.5 Å². The minimum absolute atomic E-state index is 0.371. The number of rotatable bonds is 3. The smallest absolute Gasteiger partial charge is 0.345 e. The van der Waals surface area contributed by atoms with Crippen LogP contribution in [0.3, 0.4) is 0 Å². The number of aliphatic carboxylic acids is 1. The van der Waals surface area contributed by atoms with E-state index < -0.39 is 12.1 Å². The second kappa shape index (κ2) is 4.56. The first-order valence-electron chi connectivity index (χ1n) is 5.70. The minimum Gasteiger partial charge on any atom is -0.478 e. The number of carboxylic acids is 1. The number of carboxylic acid groups (broad SMARTS) is 1. The Bertz CT molecular complexity index is 615. The number of aromatic nitrogens is 2. The Balaban J connectivity index is 1.80. The van der Waals surface area contributed by atoms with Gasteiger partial charge < -0.3 is 14.6 Å². The molecule has 19 heavy (non-hydrogen) atoms. The van der Waals surface area contributed by atoms with E-state index in [1.165, 1.54) is 0 Å². The van der Waals surface area contributed by atoms with Gasteiger partial charge in [0.1, 0.15) is 11.5 Å². The van der Waals surface area contributed by atoms with Crippen LogP contribution < -0.4 is 9.47 Å². The number of nitrogens with zero attached hydrogens (tertiary/aromatic N) is 2. The lowest BCUT2D eigenvalue weighted by Gasteiger charge is -2.06. The maximum atomic E-state index is 10.9. The summed E-state index contributed by atoms with van der Waals surface area (Å²) in [6.45, 7) is 0. The molecular weight excluding hydrogens is 248 g/mol. The number of benzene rings is 1. The van der Waals surface area contributed by atoms with Gasteiger partial charge in [0.25, 0.3) is 0 Å². The third kappa shape index (κ3) is 2.33. The first-order valence-corrected chi connectivity index (χ1v) is 5.70. The van der Waals surface area contributed by atoms with E-state index in [1.54, 1.807) is 36.5 Å². The minimum atomic E-state index is -0.965. The fourth-order valence-corrected chi connectivity index (χ4v) is 1.87. The van der Waals surface area contributed by atoms with Crippen LogP contribution in [0.2, 0.25) is 0 Å². The van der Waals surface area contributed by atoms with Crippen molar-refractivity contribution in [1.82, 2.24) is 10.2 Å². The van der Waals surface area contributed by atoms with E-state index in [2.05, 4.69) is 10.2 Å². The highest BCUT2D eigenvalue weighted by molar-refractivity contribution is 5.74. The molecule has 1 unspecified atom stereocenters. The van der Waals surface area contributed by atoms with Crippen LogP contribution in [-0.2, 0) is 11.2 Å². The summed E-state index contributed by atoms with van der Waals surface area (Å²) < 4.78 is 10.8. The molecule has 6 nitrogen and oxygen atoms in total. The molecule has 0 saturated heterocycles. The second-order valence-electron chi connectivity index (χ2n) is 4.08. The first kappa shape index (κ1) is 11.5. The zero-order chi connectivity index (χ0) is 13.2. The van der Waals surface area contributed by atoms with Gasteiger partial charge in [-0.15, -0.1) is 5.10 Å². The zero-order valence-corrected chi connectivity index (χ0v) is 9.81. The molecule has 1 aliphatic heterocycles. The lowest BCUT2D eigenvalue weighted by Crippen LogP contribution is -2.24. The molecule has 3 rings (SSSR count). The third-order valence-electron chi connectivity index (χ3n) is 2.76. The van der Waals surface area contributed by atoms with Crippen LogP contribution in [0.5, 0.6) is 17.4 Å². The van der Waals surface area contributed by atoms with Crippen LogP contribution in [0.4, 0.5) is 0 Å². The van der Waals surface area contributed by atoms with E-state index in [0.717, 1.165) is 5.56 Å². The van der Waals surface area contributed by atoms with E-state index in [-0.39, 0.29) is 0 Å². The van der Waals surface area contributed by atoms with Crippen LogP contribution in [0, 0.1) is 0 Å². The van der Waals surface area contributed by atoms with Crippen LogP contribution in [0.25, 0.3) is 0 Å². The van der Waals surface area contributed by atoms with Crippen molar-refractivity contribution >= 4 is 5.97 Å². The monoisotopic (exact) mass is 258 g/mol. The van der Waals surface area contributed by atoms with Gasteiger partial charge >= 0.3 is 5.97 Å². The lowest BCUT2D eigenvalue weighted by molar-refractivity contribution is -0.144. The number of fused-ring (bicyclic) bond motifs is 1. The maximum Gasteiger partial charge on any atom is 0.345 e. The number of hydrogen-bond donors (Lipinski definition) is 1. The van der Waals surface area contributed by atoms with Crippen LogP contribution >= 0.6 is 0 Å². The average Bonchev–Trinajstić information content (AvgIpc) is 2.83. The van der Waals surface area contributed by atoms with Crippen LogP contribution in [-0.4, -0.2) is 27.4 Å². The van der Waals surface area contributed by atoms with E-state index in [9.17, 15) is 4.79 Å². The Labute approximate surface area is 108 Å². The lowest BCUT2D eigenvalue weighted by atomic mass is 10.1. The highest BCUT2D eigenvalue weighted by Crippen LogP contribution is 2.33. The van der Waals surface area contributed by atoms with E-state index in [1.807, 2.05) is 0 Å². The molecule has 0 aliphatic carbocycles. The van der Waals surface area contributed by atoms with E-state index >= 15 is 0 Å². The fraction of sp³-hybridized carbons (Fsp3) is 0.154. The number of hydrogen-bond acceptors (Lipinski definition) is 5. The van der Waals surface area contributed by atoms with Gasteiger partial charge in [-0.2, -0.15) is 5.10 Å². The van der Waals surface area contributed by atoms with Crippen LogP contribution in [0.1, 0.15) is 5.56 Å². The molecule has 0 saturated carbocycles. The van der Waals surface area contributed by atoms with Crippen molar-refractivity contribution in [2.45, 2.75) is 12.5 Å². The van der Waals surface area contributed by atoms with Crippen molar-refractivity contribution in [3.8, 4) is 17.4 Å². The van der Waals surface area contributed by atoms with Crippen LogP contribution in [0.15, 0.2) is 36.5 Å². The van der Waals surface area contributed by atoms with Crippen molar-refractivity contribution in [2.24, 2.45) is 0 Å². The summed E-state index contributed by atoms with van der Waals surface area (Å²) in [6.07, 6.45) is 1.11. The Morgan fingerprint density at radius 1 is 1.42 bits per heavy atom. The predicted octanol–water partition coefficient (Wildman–Crippen LogP) is 1.66. The molecule has 0 amide bonds. The Hall–Kier alpha value is -2.63. The van der Waals surface area contributed by atoms with Gasteiger partial charge in [0.15, 0.2) is 6.10 Å². The zero-order valence-electron chi connectivity index (χ0n) is 9.81. The van der Waals surface area contributed by atoms with Gasteiger partial charge in [-0.1, -0.05) is 6.07 Å². The highest BCUT2D eigenvalue weighted by atomic mass is 16.5. The van der Waals surface area contributed by atoms with Gasteiger partial charge in [-0.25, -0.2) is 4.79 Å². The van der Waals surface area contributed by atoms with E-state index in [4.69, 9.17) is 14.6 Å². The fourth-order valence-electron chi connectivity index (χ4n) is 1.87. The number of carbonyl (C=O) groups is 1. The summed E-state index contributed by atoms with van der Waals surface area (Å²) in [5, 5.41) is 16.4. The van der Waals surface area contributed by atoms with Gasteiger partial charge in [0, 0.05) is 24.8 Å². The molecule has 0 fully saturated rings. The standard InChI is InChI=1S/C13H10N2O4/c16-13(17)11-6-8-3-4-9(7-10(8)19-11)18-12-2-1-5-14-15-12/h1-5,7,11H,6H2,(H,16,17). The van der Waals surface area contributed by atoms with E-state index in [0.29, 0.717) is 23.8 Å². The molecule has 1 aromatic carbocycles. The Morgan fingerprint density at radius 3 is 3.05 bits per heavy atom. The molecule has 1 aliphatic rings. The van der Waals surface area contributed by atoms with Crippen molar-refractivity contribution in [1.29, 1.82) is 0 Å². The van der Waals surface area contributed by atoms with Gasteiger partial charge in [0.2, 0.25) is 5.88 Å². The van der Waals surface area contributed by atoms with Crippen molar-refractivity contribution < 1.29 is 19.4 Å². The predicted molar refractivity (Wildman–Crippen MR) is 64.3 cm³/mol. The SMILES string of the molecule is O=C(O)C1Cc2ccc(Oc3cccnn3)cc2O1. The number of ether oxygens (including phenoxy) is 2. The summed E-state index contributed by atoms with van der Waals surface area (Å²) in [4.78, 5) is 10.9. The largest absolute Gasteiger partial charge is 0.478 e. The molecule has 2 aromatic rings. The molecule has 0 radical (unpaired) electrons. The highest BCUT2D eigenvalue weighted by Gasteiger charge is 2.29. The third-order valence-corrected chi connectivity index (χ3v) is 2.76. The first-order chi connectivity index (χ1) is 9.22. The molecule has 0 spiro atoms. The van der Waals surface area contributed by atoms with Crippen molar-refractivity contribution in [3.05, 3.63) is 42.1 Å². The summed E-state index contributed by atoms with van der Waals surface area (Å²) >= 11 is 0. The quantitative estimate of drug-likeness (QED) is 0.901. The Kier molecular flexibility index (Phi) is 2.75. The van der Waals surface area contributed by atoms with Crippen molar-refractivity contribution in [3.63, 3.8) is 0 Å². The molecule has 0 bridgehead atoms. The van der Waals surface area contributed by atoms with Gasteiger partial charge in [0.05, 0.1) is 0 Å². The van der Waals surface area contributed by atoms with Gasteiger partial charge in [-0.05, 0) is 17.7 Å². The summed E-state index contributed by atoms with van der Waals surface area (Å²) in [7, 11) is 0. The Morgan fingerprint density at radius 2 is 2.32 bits per heavy atom. The molecule has 2 heterocycles. The summed E-state index contributed by atoms with van der Waals surface area (Å²) in [5.74, 6) is 0.474. The van der Waals surface area contributed by atoms with Gasteiger partial charge in [-0.3, -0.25) is 0 Å². The maximum absolute atomic E-state index is 10.9. The molecule has 6 heteroatoms. The van der Waals surface area contributed by atoms with Crippen molar-refractivity contribution in [2.75, 3.05) is 0 Å². The molecule has 96 valence electrons.